The highest BCUT2D eigenvalue weighted by atomic mass is 32.1. The maximum atomic E-state index is 11.4. The summed E-state index contributed by atoms with van der Waals surface area (Å²) in [5, 5.41) is 2.84. The standard InChI is InChI=1S/C16H19N3O.C2H6.CH4S/c1-10-15(5-6-16(20)18-10)19-9-13-7-12(8-17)3-4-14(13)11(19)2;2*1-2/h3-4,7,15H,1-2,5-6,8-9,17H2,(H,18,20);1-2H3;2H,1H3. The zero-order valence-electron chi connectivity index (χ0n) is 14.9. The maximum Gasteiger partial charge on any atom is 0.224 e. The molecule has 0 aromatic heterocycles. The second-order valence-electron chi connectivity index (χ2n) is 5.40. The van der Waals surface area contributed by atoms with Crippen LogP contribution in [0.25, 0.3) is 5.70 Å². The second-order valence-corrected chi connectivity index (χ2v) is 5.40. The Balaban J connectivity index is 0.000000671. The van der Waals surface area contributed by atoms with Crippen LogP contribution in [0.4, 0.5) is 0 Å². The largest absolute Gasteiger partial charge is 0.359 e. The summed E-state index contributed by atoms with van der Waals surface area (Å²) in [5.41, 5.74) is 11.0. The van der Waals surface area contributed by atoms with Crippen molar-refractivity contribution in [2.24, 2.45) is 5.73 Å². The Morgan fingerprint density at radius 2 is 2.00 bits per heavy atom. The zero-order chi connectivity index (χ0) is 18.3. The van der Waals surface area contributed by atoms with Gasteiger partial charge < -0.3 is 16.0 Å². The molecule has 3 rings (SSSR count). The van der Waals surface area contributed by atoms with E-state index in [-0.39, 0.29) is 11.9 Å². The predicted molar refractivity (Wildman–Crippen MR) is 105 cm³/mol. The Morgan fingerprint density at radius 3 is 2.58 bits per heavy atom. The Hall–Kier alpha value is -1.72. The number of carbonyl (C=O) groups is 1. The fourth-order valence-corrected chi connectivity index (χ4v) is 3.03. The fraction of sp³-hybridized carbons (Fsp3) is 0.421. The monoisotopic (exact) mass is 347 g/mol. The first-order valence-electron chi connectivity index (χ1n) is 8.31. The zero-order valence-corrected chi connectivity index (χ0v) is 15.8. The Morgan fingerprint density at radius 1 is 1.33 bits per heavy atom. The summed E-state index contributed by atoms with van der Waals surface area (Å²) < 4.78 is 0. The van der Waals surface area contributed by atoms with Gasteiger partial charge in [0.05, 0.1) is 6.04 Å². The maximum absolute atomic E-state index is 11.4. The lowest BCUT2D eigenvalue weighted by atomic mass is 10.0. The molecule has 2 aliphatic rings. The molecule has 2 heterocycles. The van der Waals surface area contributed by atoms with E-state index in [1.54, 1.807) is 6.26 Å². The average Bonchev–Trinajstić information content (AvgIpc) is 2.94. The molecule has 4 nitrogen and oxygen atoms in total. The first kappa shape index (κ1) is 20.3. The van der Waals surface area contributed by atoms with Crippen molar-refractivity contribution in [1.82, 2.24) is 10.2 Å². The van der Waals surface area contributed by atoms with Crippen LogP contribution in [-0.4, -0.2) is 23.1 Å². The van der Waals surface area contributed by atoms with Gasteiger partial charge >= 0.3 is 0 Å². The van der Waals surface area contributed by atoms with Gasteiger partial charge in [0.15, 0.2) is 0 Å². The van der Waals surface area contributed by atoms with E-state index in [1.807, 2.05) is 19.9 Å². The number of carbonyl (C=O) groups excluding carboxylic acids is 1. The molecular formula is C19H29N3OS. The van der Waals surface area contributed by atoms with E-state index < -0.39 is 0 Å². The molecule has 24 heavy (non-hydrogen) atoms. The van der Waals surface area contributed by atoms with Crippen molar-refractivity contribution >= 4 is 24.2 Å². The van der Waals surface area contributed by atoms with E-state index in [4.69, 9.17) is 5.73 Å². The Bertz CT molecular complexity index is 613. The first-order chi connectivity index (χ1) is 11.6. The topological polar surface area (TPSA) is 58.4 Å². The number of benzene rings is 1. The van der Waals surface area contributed by atoms with Crippen LogP contribution >= 0.6 is 12.6 Å². The fourth-order valence-electron chi connectivity index (χ4n) is 3.03. The van der Waals surface area contributed by atoms with Gasteiger partial charge in [-0.1, -0.05) is 45.2 Å². The molecule has 1 atom stereocenters. The van der Waals surface area contributed by atoms with Crippen LogP contribution in [0.5, 0.6) is 0 Å². The highest BCUT2D eigenvalue weighted by molar-refractivity contribution is 7.79. The number of fused-ring (bicyclic) bond motifs is 1. The van der Waals surface area contributed by atoms with Crippen molar-refractivity contribution in [2.45, 2.75) is 45.8 Å². The van der Waals surface area contributed by atoms with Crippen LogP contribution in [0.2, 0.25) is 0 Å². The molecular weight excluding hydrogens is 318 g/mol. The Kier molecular flexibility index (Phi) is 8.08. The number of hydrogen-bond acceptors (Lipinski definition) is 4. The quantitative estimate of drug-likeness (QED) is 0.720. The van der Waals surface area contributed by atoms with Gasteiger partial charge in [-0.05, 0) is 23.8 Å². The van der Waals surface area contributed by atoms with Gasteiger partial charge in [0.2, 0.25) is 5.91 Å². The van der Waals surface area contributed by atoms with E-state index in [0.29, 0.717) is 13.0 Å². The summed E-state index contributed by atoms with van der Waals surface area (Å²) in [6.07, 6.45) is 3.03. The van der Waals surface area contributed by atoms with Gasteiger partial charge in [0.25, 0.3) is 0 Å². The van der Waals surface area contributed by atoms with Gasteiger partial charge in [0.1, 0.15) is 0 Å². The van der Waals surface area contributed by atoms with Gasteiger partial charge in [-0.25, -0.2) is 0 Å². The number of nitrogens with one attached hydrogen (secondary N) is 1. The molecule has 5 heteroatoms. The number of rotatable bonds is 2. The summed E-state index contributed by atoms with van der Waals surface area (Å²) in [7, 11) is 0. The molecule has 132 valence electrons. The summed E-state index contributed by atoms with van der Waals surface area (Å²) in [6.45, 7) is 13.5. The van der Waals surface area contributed by atoms with Crippen molar-refractivity contribution in [3.63, 3.8) is 0 Å². The van der Waals surface area contributed by atoms with Crippen LogP contribution in [0.3, 0.4) is 0 Å². The summed E-state index contributed by atoms with van der Waals surface area (Å²) in [5.74, 6) is 0.0546. The SMILES string of the molecule is C=C1NC(=O)CCC1N1Cc2cc(CN)ccc2C1=C.CC.CS. The molecule has 0 aliphatic carbocycles. The number of piperidine rings is 1. The number of nitrogens with zero attached hydrogens (tertiary/aromatic N) is 1. The van der Waals surface area contributed by atoms with Crippen molar-refractivity contribution in [3.05, 3.63) is 53.7 Å². The van der Waals surface area contributed by atoms with Gasteiger partial charge in [0, 0.05) is 36.5 Å². The molecule has 1 amide bonds. The number of hydrogen-bond donors (Lipinski definition) is 3. The van der Waals surface area contributed by atoms with Crippen LogP contribution in [0.15, 0.2) is 37.1 Å². The third-order valence-corrected chi connectivity index (χ3v) is 4.13. The van der Waals surface area contributed by atoms with E-state index in [1.165, 1.54) is 11.1 Å². The smallest absolute Gasteiger partial charge is 0.224 e. The van der Waals surface area contributed by atoms with Crippen LogP contribution in [0.1, 0.15) is 43.4 Å². The van der Waals surface area contributed by atoms with Crippen molar-refractivity contribution in [3.8, 4) is 0 Å². The number of nitrogens with two attached hydrogens (primary N) is 1. The van der Waals surface area contributed by atoms with Gasteiger partial charge in [-0.15, -0.1) is 0 Å². The molecule has 0 saturated carbocycles. The van der Waals surface area contributed by atoms with E-state index >= 15 is 0 Å². The minimum absolute atomic E-state index is 0.0546. The van der Waals surface area contributed by atoms with Crippen LogP contribution in [0, 0.1) is 0 Å². The van der Waals surface area contributed by atoms with E-state index in [0.717, 1.165) is 29.9 Å². The normalized spacial score (nSPS) is 18.8. The number of thiol groups is 1. The van der Waals surface area contributed by atoms with E-state index in [9.17, 15) is 4.79 Å². The Labute approximate surface area is 151 Å². The summed E-state index contributed by atoms with van der Waals surface area (Å²) in [6, 6.07) is 6.41. The molecule has 1 unspecified atom stereocenters. The van der Waals surface area contributed by atoms with E-state index in [2.05, 4.69) is 48.1 Å². The van der Waals surface area contributed by atoms with Crippen molar-refractivity contribution in [2.75, 3.05) is 6.26 Å². The third kappa shape index (κ3) is 4.22. The molecule has 0 radical (unpaired) electrons. The molecule has 1 saturated heterocycles. The lowest BCUT2D eigenvalue weighted by Gasteiger charge is -2.34. The average molecular weight is 348 g/mol. The molecule has 0 bridgehead atoms. The highest BCUT2D eigenvalue weighted by Crippen LogP contribution is 2.36. The first-order valence-corrected chi connectivity index (χ1v) is 9.20. The molecule has 3 N–H and O–H groups in total. The van der Waals surface area contributed by atoms with Crippen molar-refractivity contribution < 1.29 is 4.79 Å². The minimum Gasteiger partial charge on any atom is -0.359 e. The second kappa shape index (κ2) is 9.55. The van der Waals surface area contributed by atoms with Gasteiger partial charge in [-0.2, -0.15) is 12.6 Å². The van der Waals surface area contributed by atoms with Crippen molar-refractivity contribution in [1.29, 1.82) is 0 Å². The third-order valence-electron chi connectivity index (χ3n) is 4.13. The van der Waals surface area contributed by atoms with Crippen LogP contribution in [-0.2, 0) is 17.9 Å². The summed E-state index contributed by atoms with van der Waals surface area (Å²) in [4.78, 5) is 13.6. The van der Waals surface area contributed by atoms with Gasteiger partial charge in [-0.3, -0.25) is 4.79 Å². The molecule has 1 fully saturated rings. The van der Waals surface area contributed by atoms with Crippen LogP contribution < -0.4 is 11.1 Å². The highest BCUT2D eigenvalue weighted by Gasteiger charge is 2.32. The molecule has 1 aromatic rings. The predicted octanol–water partition coefficient (Wildman–Crippen LogP) is 3.30. The summed E-state index contributed by atoms with van der Waals surface area (Å²) >= 11 is 3.53. The molecule has 1 aromatic carbocycles. The minimum atomic E-state index is 0.0546. The number of amides is 1. The lowest BCUT2D eigenvalue weighted by Crippen LogP contribution is -2.43. The lowest BCUT2D eigenvalue weighted by molar-refractivity contribution is -0.121. The molecule has 2 aliphatic heterocycles. The molecule has 0 spiro atoms.